The van der Waals surface area contributed by atoms with Gasteiger partial charge in [0.25, 0.3) is 0 Å². The van der Waals surface area contributed by atoms with Crippen LogP contribution < -0.4 is 15.2 Å². The molecule has 116 valence electrons. The first-order chi connectivity index (χ1) is 8.72. The third-order valence-electron chi connectivity index (χ3n) is 2.54. The molecule has 20 heavy (non-hydrogen) atoms. The fourth-order valence-corrected chi connectivity index (χ4v) is 2.09. The van der Waals surface area contributed by atoms with Gasteiger partial charge in [-0.25, -0.2) is 0 Å². The van der Waals surface area contributed by atoms with E-state index in [0.717, 1.165) is 0 Å². The van der Waals surface area contributed by atoms with Crippen LogP contribution in [0.5, 0.6) is 11.5 Å². The summed E-state index contributed by atoms with van der Waals surface area (Å²) in [4.78, 5) is 0. The van der Waals surface area contributed by atoms with E-state index in [1.54, 1.807) is 0 Å². The van der Waals surface area contributed by atoms with E-state index in [2.05, 4.69) is 15.9 Å². The van der Waals surface area contributed by atoms with Crippen LogP contribution in [0.1, 0.15) is 11.6 Å². The Morgan fingerprint density at radius 2 is 1.65 bits per heavy atom. The van der Waals surface area contributed by atoms with Crippen LogP contribution in [0.3, 0.4) is 0 Å². The number of halogens is 5. The summed E-state index contributed by atoms with van der Waals surface area (Å²) < 4.78 is 47.6. The maximum atomic E-state index is 12.4. The molecule has 0 saturated heterocycles. The first-order valence-electron chi connectivity index (χ1n) is 5.14. The molecular formula is C11H14BrClF3NO3. The van der Waals surface area contributed by atoms with Crippen LogP contribution in [-0.2, 0) is 0 Å². The van der Waals surface area contributed by atoms with Crippen LogP contribution in [-0.4, -0.2) is 31.6 Å². The lowest BCUT2D eigenvalue weighted by Gasteiger charge is -2.23. The number of hydrogen-bond donors (Lipinski definition) is 2. The Kier molecular flexibility index (Phi) is 7.09. The number of aliphatic hydroxyl groups excluding tert-OH is 1. The lowest BCUT2D eigenvalue weighted by atomic mass is 10.0. The van der Waals surface area contributed by atoms with Crippen LogP contribution >= 0.6 is 28.3 Å². The third kappa shape index (κ3) is 4.15. The Morgan fingerprint density at radius 1 is 1.20 bits per heavy atom. The van der Waals surface area contributed by atoms with Crippen molar-refractivity contribution in [1.82, 2.24) is 0 Å². The fraction of sp³-hybridized carbons (Fsp3) is 0.455. The highest BCUT2D eigenvalue weighted by molar-refractivity contribution is 9.10. The van der Waals surface area contributed by atoms with Crippen LogP contribution in [0.25, 0.3) is 0 Å². The molecule has 2 atom stereocenters. The van der Waals surface area contributed by atoms with Gasteiger partial charge in [-0.1, -0.05) is 15.9 Å². The van der Waals surface area contributed by atoms with Gasteiger partial charge in [-0.15, -0.1) is 12.4 Å². The van der Waals surface area contributed by atoms with Crippen molar-refractivity contribution >= 4 is 28.3 Å². The molecule has 0 aliphatic heterocycles. The molecule has 1 aromatic carbocycles. The van der Waals surface area contributed by atoms with Crippen LogP contribution in [0, 0.1) is 0 Å². The van der Waals surface area contributed by atoms with E-state index >= 15 is 0 Å². The van der Waals surface area contributed by atoms with Crippen molar-refractivity contribution in [2.75, 3.05) is 14.2 Å². The Hall–Kier alpha value is -0.700. The van der Waals surface area contributed by atoms with E-state index in [4.69, 9.17) is 15.2 Å². The number of aliphatic hydroxyl groups is 1. The highest BCUT2D eigenvalue weighted by Crippen LogP contribution is 2.38. The molecule has 3 N–H and O–H groups in total. The SMILES string of the molecule is COc1cc(Br)c([C@@H](N)[C@@H](O)C(F)(F)F)cc1OC.Cl. The molecule has 0 radical (unpaired) electrons. The monoisotopic (exact) mass is 379 g/mol. The molecule has 0 aromatic heterocycles. The number of benzene rings is 1. The summed E-state index contributed by atoms with van der Waals surface area (Å²) in [5.74, 6) is 0.567. The number of alkyl halides is 3. The topological polar surface area (TPSA) is 64.7 Å². The van der Waals surface area contributed by atoms with Crippen molar-refractivity contribution < 1.29 is 27.8 Å². The Morgan fingerprint density at radius 3 is 2.05 bits per heavy atom. The van der Waals surface area contributed by atoms with Gasteiger partial charge in [0.15, 0.2) is 17.6 Å². The summed E-state index contributed by atoms with van der Waals surface area (Å²) in [7, 11) is 2.75. The van der Waals surface area contributed by atoms with Gasteiger partial charge in [-0.3, -0.25) is 0 Å². The number of hydrogen-bond acceptors (Lipinski definition) is 4. The number of methoxy groups -OCH3 is 2. The smallest absolute Gasteiger partial charge is 0.416 e. The highest BCUT2D eigenvalue weighted by Gasteiger charge is 2.43. The predicted molar refractivity (Wildman–Crippen MR) is 73.5 cm³/mol. The van der Waals surface area contributed by atoms with Crippen LogP contribution in [0.2, 0.25) is 0 Å². The lowest BCUT2D eigenvalue weighted by Crippen LogP contribution is -2.39. The van der Waals surface area contributed by atoms with Gasteiger partial charge in [0.2, 0.25) is 0 Å². The maximum Gasteiger partial charge on any atom is 0.416 e. The van der Waals surface area contributed by atoms with Crippen LogP contribution in [0.15, 0.2) is 16.6 Å². The van der Waals surface area contributed by atoms with E-state index in [1.165, 1.54) is 26.4 Å². The molecule has 1 aromatic rings. The second-order valence-electron chi connectivity index (χ2n) is 3.74. The molecule has 0 aliphatic rings. The minimum Gasteiger partial charge on any atom is -0.493 e. The predicted octanol–water partition coefficient (Wildman–Crippen LogP) is 2.81. The van der Waals surface area contributed by atoms with Gasteiger partial charge in [0.05, 0.1) is 20.3 Å². The molecule has 0 aliphatic carbocycles. The first kappa shape index (κ1) is 19.3. The van der Waals surface area contributed by atoms with E-state index in [-0.39, 0.29) is 23.7 Å². The van der Waals surface area contributed by atoms with Gasteiger partial charge < -0.3 is 20.3 Å². The highest BCUT2D eigenvalue weighted by atomic mass is 79.9. The zero-order valence-electron chi connectivity index (χ0n) is 10.6. The average molecular weight is 381 g/mol. The molecule has 0 spiro atoms. The Balaban J connectivity index is 0.00000361. The van der Waals surface area contributed by atoms with E-state index in [9.17, 15) is 18.3 Å². The number of rotatable bonds is 4. The molecule has 0 saturated carbocycles. The largest absolute Gasteiger partial charge is 0.493 e. The number of nitrogens with two attached hydrogens (primary N) is 1. The quantitative estimate of drug-likeness (QED) is 0.843. The second-order valence-corrected chi connectivity index (χ2v) is 4.60. The molecule has 0 fully saturated rings. The Labute approximate surface area is 128 Å². The molecule has 0 bridgehead atoms. The molecular weight excluding hydrogens is 366 g/mol. The summed E-state index contributed by atoms with van der Waals surface area (Å²) >= 11 is 3.09. The van der Waals surface area contributed by atoms with Crippen molar-refractivity contribution in [1.29, 1.82) is 0 Å². The zero-order chi connectivity index (χ0) is 14.8. The first-order valence-corrected chi connectivity index (χ1v) is 5.93. The molecule has 0 heterocycles. The minimum absolute atomic E-state index is 0. The minimum atomic E-state index is -4.80. The van der Waals surface area contributed by atoms with Gasteiger partial charge in [0, 0.05) is 4.47 Å². The second kappa shape index (κ2) is 7.35. The maximum absolute atomic E-state index is 12.4. The van der Waals surface area contributed by atoms with Crippen molar-refractivity contribution in [3.05, 3.63) is 22.2 Å². The summed E-state index contributed by atoms with van der Waals surface area (Å²) in [5.41, 5.74) is 5.52. The molecule has 4 nitrogen and oxygen atoms in total. The summed E-state index contributed by atoms with van der Waals surface area (Å²) in [6.45, 7) is 0. The molecule has 0 unspecified atom stereocenters. The normalized spacial score (nSPS) is 14.2. The fourth-order valence-electron chi connectivity index (χ4n) is 1.50. The van der Waals surface area contributed by atoms with Crippen LogP contribution in [0.4, 0.5) is 13.2 Å². The average Bonchev–Trinajstić information content (AvgIpc) is 2.35. The van der Waals surface area contributed by atoms with E-state index in [1.807, 2.05) is 0 Å². The molecule has 0 amide bonds. The van der Waals surface area contributed by atoms with Crippen molar-refractivity contribution in [3.8, 4) is 11.5 Å². The van der Waals surface area contributed by atoms with Gasteiger partial charge in [-0.2, -0.15) is 13.2 Å². The van der Waals surface area contributed by atoms with E-state index < -0.39 is 18.3 Å². The summed E-state index contributed by atoms with van der Waals surface area (Å²) in [6, 6.07) is 1.09. The summed E-state index contributed by atoms with van der Waals surface area (Å²) in [6.07, 6.45) is -7.46. The standard InChI is InChI=1S/C11H13BrF3NO3.ClH/c1-18-7-3-5(6(12)4-8(7)19-2)9(16)10(17)11(13,14)15;/h3-4,9-10,17H,16H2,1-2H3;1H/t9-,10-;/m1./s1. The molecule has 9 heteroatoms. The zero-order valence-corrected chi connectivity index (χ0v) is 13.0. The van der Waals surface area contributed by atoms with Gasteiger partial charge in [0.1, 0.15) is 0 Å². The van der Waals surface area contributed by atoms with Crippen molar-refractivity contribution in [2.24, 2.45) is 5.73 Å². The third-order valence-corrected chi connectivity index (χ3v) is 3.22. The van der Waals surface area contributed by atoms with Gasteiger partial charge >= 0.3 is 6.18 Å². The Bertz CT molecular complexity index is 459. The number of ether oxygens (including phenoxy) is 2. The lowest BCUT2D eigenvalue weighted by molar-refractivity contribution is -0.210. The summed E-state index contributed by atoms with van der Waals surface area (Å²) in [5, 5.41) is 9.18. The van der Waals surface area contributed by atoms with Gasteiger partial charge in [-0.05, 0) is 17.7 Å². The molecule has 1 rings (SSSR count). The van der Waals surface area contributed by atoms with Crippen molar-refractivity contribution in [2.45, 2.75) is 18.3 Å². The van der Waals surface area contributed by atoms with Crippen molar-refractivity contribution in [3.63, 3.8) is 0 Å². The van der Waals surface area contributed by atoms with E-state index in [0.29, 0.717) is 10.2 Å².